The summed E-state index contributed by atoms with van der Waals surface area (Å²) in [4.78, 5) is 8.89. The fraction of sp³-hybridized carbons (Fsp3) is 0.333. The zero-order chi connectivity index (χ0) is 16.4. The van der Waals surface area contributed by atoms with Gasteiger partial charge in [0.1, 0.15) is 0 Å². The van der Waals surface area contributed by atoms with E-state index in [-0.39, 0.29) is 6.04 Å². The maximum absolute atomic E-state index is 6.25. The lowest BCUT2D eigenvalue weighted by Crippen LogP contribution is -2.17. The molecule has 124 valence electrons. The smallest absolute Gasteiger partial charge is 0.0845 e. The summed E-state index contributed by atoms with van der Waals surface area (Å²) >= 11 is 0. The summed E-state index contributed by atoms with van der Waals surface area (Å²) in [5, 5.41) is 5.43. The van der Waals surface area contributed by atoms with Gasteiger partial charge in [-0.25, -0.2) is 9.78 Å². The molecule has 1 saturated heterocycles. The summed E-state index contributed by atoms with van der Waals surface area (Å²) < 4.78 is 0. The van der Waals surface area contributed by atoms with Crippen molar-refractivity contribution < 1.29 is 9.78 Å². The highest BCUT2D eigenvalue weighted by Crippen LogP contribution is 2.36. The van der Waals surface area contributed by atoms with Crippen LogP contribution >= 0.6 is 0 Å². The molecule has 0 amide bonds. The van der Waals surface area contributed by atoms with Crippen molar-refractivity contribution in [3.05, 3.63) is 59.7 Å². The Morgan fingerprint density at radius 2 is 1.58 bits per heavy atom. The quantitative estimate of drug-likeness (QED) is 0.483. The van der Waals surface area contributed by atoms with Gasteiger partial charge in [0.25, 0.3) is 0 Å². The topological polar surface area (TPSA) is 44.5 Å². The maximum Gasteiger partial charge on any atom is 0.0845 e. The van der Waals surface area contributed by atoms with Gasteiger partial charge in [0.05, 0.1) is 13.2 Å². The number of rotatable bonds is 0. The van der Waals surface area contributed by atoms with Crippen molar-refractivity contribution >= 4 is 21.5 Å². The van der Waals surface area contributed by atoms with Crippen molar-refractivity contribution in [3.8, 4) is 0 Å². The Balaban J connectivity index is 0.000000252. The molecule has 0 radical (unpaired) electrons. The largest absolute Gasteiger partial charge is 0.324 e. The van der Waals surface area contributed by atoms with Crippen LogP contribution in [0.1, 0.15) is 36.4 Å². The van der Waals surface area contributed by atoms with Crippen LogP contribution in [-0.2, 0) is 16.2 Å². The highest BCUT2D eigenvalue weighted by molar-refractivity contribution is 6.08. The molecule has 3 heteroatoms. The Morgan fingerprint density at radius 3 is 2.38 bits per heavy atom. The van der Waals surface area contributed by atoms with E-state index in [4.69, 9.17) is 5.73 Å². The third kappa shape index (κ3) is 2.91. The van der Waals surface area contributed by atoms with Crippen LogP contribution in [0.15, 0.2) is 48.5 Å². The first-order valence-electron chi connectivity index (χ1n) is 8.78. The molecule has 0 aromatic heterocycles. The van der Waals surface area contributed by atoms with Gasteiger partial charge in [-0.2, -0.15) is 0 Å². The summed E-state index contributed by atoms with van der Waals surface area (Å²) in [7, 11) is 0. The predicted octanol–water partition coefficient (Wildman–Crippen LogP) is 4.67. The zero-order valence-corrected chi connectivity index (χ0v) is 13.8. The molecule has 2 aliphatic rings. The Hall–Kier alpha value is -1.94. The Kier molecular flexibility index (Phi) is 4.48. The second kappa shape index (κ2) is 6.89. The van der Waals surface area contributed by atoms with Crippen LogP contribution in [0.5, 0.6) is 0 Å². The van der Waals surface area contributed by atoms with E-state index in [0.717, 1.165) is 26.1 Å². The molecule has 1 aliphatic carbocycles. The minimum atomic E-state index is 0.222. The van der Waals surface area contributed by atoms with Crippen LogP contribution in [0.25, 0.3) is 21.5 Å². The summed E-state index contributed by atoms with van der Waals surface area (Å²) in [6, 6.07) is 17.8. The Labute approximate surface area is 142 Å². The number of fused-ring (bicyclic) bond motifs is 5. The van der Waals surface area contributed by atoms with Crippen molar-refractivity contribution in [1.82, 2.24) is 0 Å². The third-order valence-corrected chi connectivity index (χ3v) is 4.95. The minimum Gasteiger partial charge on any atom is -0.324 e. The van der Waals surface area contributed by atoms with Gasteiger partial charge in [0.2, 0.25) is 0 Å². The van der Waals surface area contributed by atoms with Crippen molar-refractivity contribution in [2.75, 3.05) is 13.2 Å². The first-order valence-corrected chi connectivity index (χ1v) is 8.78. The van der Waals surface area contributed by atoms with Crippen molar-refractivity contribution in [2.24, 2.45) is 5.73 Å². The van der Waals surface area contributed by atoms with Crippen molar-refractivity contribution in [3.63, 3.8) is 0 Å². The fourth-order valence-corrected chi connectivity index (χ4v) is 3.74. The zero-order valence-electron chi connectivity index (χ0n) is 13.8. The molecular formula is C21H23NO2. The van der Waals surface area contributed by atoms with Crippen LogP contribution in [0.2, 0.25) is 0 Å². The minimum absolute atomic E-state index is 0.222. The van der Waals surface area contributed by atoms with Gasteiger partial charge in [-0.05, 0) is 51.9 Å². The number of benzene rings is 3. The molecule has 0 bridgehead atoms. The summed E-state index contributed by atoms with van der Waals surface area (Å²) in [5.41, 5.74) is 9.08. The average molecular weight is 321 g/mol. The van der Waals surface area contributed by atoms with Crippen LogP contribution in [-0.4, -0.2) is 13.2 Å². The molecular weight excluding hydrogens is 298 g/mol. The molecule has 3 aromatic carbocycles. The van der Waals surface area contributed by atoms with Gasteiger partial charge in [-0.15, -0.1) is 0 Å². The molecule has 1 atom stereocenters. The van der Waals surface area contributed by atoms with E-state index in [2.05, 4.69) is 58.3 Å². The highest BCUT2D eigenvalue weighted by atomic mass is 17.2. The third-order valence-electron chi connectivity index (χ3n) is 4.95. The van der Waals surface area contributed by atoms with Gasteiger partial charge in [0, 0.05) is 12.5 Å². The SMILES string of the molecule is C1COOC1.NC1CCCc2c1ccc1c2ccc2ccccc21. The van der Waals surface area contributed by atoms with E-state index in [1.54, 1.807) is 0 Å². The van der Waals surface area contributed by atoms with E-state index in [1.165, 1.54) is 45.5 Å². The molecule has 1 heterocycles. The lowest BCUT2D eigenvalue weighted by atomic mass is 9.84. The predicted molar refractivity (Wildman–Crippen MR) is 97.8 cm³/mol. The van der Waals surface area contributed by atoms with Gasteiger partial charge >= 0.3 is 0 Å². The van der Waals surface area contributed by atoms with Gasteiger partial charge < -0.3 is 5.73 Å². The number of aryl methyl sites for hydroxylation is 1. The summed E-state index contributed by atoms with van der Waals surface area (Å²) in [6.45, 7) is 1.56. The molecule has 0 spiro atoms. The first kappa shape index (κ1) is 15.6. The molecule has 1 fully saturated rings. The maximum atomic E-state index is 6.25. The molecule has 24 heavy (non-hydrogen) atoms. The van der Waals surface area contributed by atoms with Crippen LogP contribution in [0.4, 0.5) is 0 Å². The van der Waals surface area contributed by atoms with E-state index in [0.29, 0.717) is 0 Å². The summed E-state index contributed by atoms with van der Waals surface area (Å²) in [6.07, 6.45) is 4.55. The molecule has 3 aromatic rings. The van der Waals surface area contributed by atoms with Gasteiger partial charge in [0.15, 0.2) is 0 Å². The molecule has 0 saturated carbocycles. The van der Waals surface area contributed by atoms with E-state index < -0.39 is 0 Å². The van der Waals surface area contributed by atoms with Crippen molar-refractivity contribution in [2.45, 2.75) is 31.7 Å². The molecule has 1 unspecified atom stereocenters. The number of hydrogen-bond acceptors (Lipinski definition) is 3. The first-order chi connectivity index (χ1) is 11.8. The van der Waals surface area contributed by atoms with Gasteiger partial charge in [-0.3, -0.25) is 0 Å². The molecule has 5 rings (SSSR count). The lowest BCUT2D eigenvalue weighted by molar-refractivity contribution is -0.248. The Morgan fingerprint density at radius 1 is 0.792 bits per heavy atom. The molecule has 1 aliphatic heterocycles. The number of nitrogens with two attached hydrogens (primary N) is 1. The fourth-order valence-electron chi connectivity index (χ4n) is 3.74. The van der Waals surface area contributed by atoms with Gasteiger partial charge in [-0.1, -0.05) is 48.5 Å². The molecule has 2 N–H and O–H groups in total. The Bertz CT molecular complexity index is 847. The van der Waals surface area contributed by atoms with E-state index in [1.807, 2.05) is 0 Å². The monoisotopic (exact) mass is 321 g/mol. The standard InChI is InChI=1S/C18H17N.C3H6O2/c19-18-7-3-6-14-16-9-8-12-4-1-2-5-13(12)15(16)10-11-17(14)18;1-2-4-5-3-1/h1-2,4-5,8-11,18H,3,6-7,19H2;1-3H2. The average Bonchev–Trinajstić information content (AvgIpc) is 3.21. The van der Waals surface area contributed by atoms with Crippen LogP contribution < -0.4 is 5.73 Å². The highest BCUT2D eigenvalue weighted by Gasteiger charge is 2.18. The molecule has 3 nitrogen and oxygen atoms in total. The normalized spacial score (nSPS) is 19.8. The van der Waals surface area contributed by atoms with E-state index in [9.17, 15) is 0 Å². The second-order valence-corrected chi connectivity index (χ2v) is 6.51. The van der Waals surface area contributed by atoms with Crippen LogP contribution in [0, 0.1) is 0 Å². The second-order valence-electron chi connectivity index (χ2n) is 6.51. The number of hydrogen-bond donors (Lipinski definition) is 1. The lowest BCUT2D eigenvalue weighted by Gasteiger charge is -2.24. The van der Waals surface area contributed by atoms with Crippen molar-refractivity contribution in [1.29, 1.82) is 0 Å². The van der Waals surface area contributed by atoms with E-state index >= 15 is 0 Å². The summed E-state index contributed by atoms with van der Waals surface area (Å²) in [5.74, 6) is 0. The van der Waals surface area contributed by atoms with Crippen LogP contribution in [0.3, 0.4) is 0 Å².